The highest BCUT2D eigenvalue weighted by atomic mass is 19.4. The molecule has 2 unspecified atom stereocenters. The lowest BCUT2D eigenvalue weighted by atomic mass is 9.84. The lowest BCUT2D eigenvalue weighted by molar-refractivity contribution is -0.143. The van der Waals surface area contributed by atoms with Crippen LogP contribution in [0.3, 0.4) is 0 Å². The highest BCUT2D eigenvalue weighted by Gasteiger charge is 2.36. The van der Waals surface area contributed by atoms with Crippen molar-refractivity contribution in [1.82, 2.24) is 15.1 Å². The maximum Gasteiger partial charge on any atom is 0.401 e. The second-order valence-electron chi connectivity index (χ2n) is 6.66. The van der Waals surface area contributed by atoms with Gasteiger partial charge in [-0.05, 0) is 57.3 Å². The van der Waals surface area contributed by atoms with E-state index in [2.05, 4.69) is 10.2 Å². The van der Waals surface area contributed by atoms with Gasteiger partial charge in [-0.15, -0.1) is 0 Å². The Morgan fingerprint density at radius 1 is 1.00 bits per heavy atom. The predicted molar refractivity (Wildman–Crippen MR) is 71.6 cm³/mol. The average Bonchev–Trinajstić information content (AvgIpc) is 2.83. The summed E-state index contributed by atoms with van der Waals surface area (Å²) in [6.07, 6.45) is -0.604. The third kappa shape index (κ3) is 3.65. The summed E-state index contributed by atoms with van der Waals surface area (Å²) in [6, 6.07) is 0.564. The van der Waals surface area contributed by atoms with Gasteiger partial charge in [0.05, 0.1) is 6.54 Å². The molecule has 1 N–H and O–H groups in total. The summed E-state index contributed by atoms with van der Waals surface area (Å²) < 4.78 is 37.1. The molecule has 0 aliphatic carbocycles. The third-order valence-corrected chi connectivity index (χ3v) is 5.10. The summed E-state index contributed by atoms with van der Waals surface area (Å²) in [6.45, 7) is 4.90. The molecule has 0 aromatic heterocycles. The van der Waals surface area contributed by atoms with Gasteiger partial charge in [0.15, 0.2) is 0 Å². The number of nitrogens with zero attached hydrogens (tertiary/aromatic N) is 2. The van der Waals surface area contributed by atoms with Crippen LogP contribution in [0.2, 0.25) is 0 Å². The molecule has 0 aromatic rings. The van der Waals surface area contributed by atoms with Crippen LogP contribution in [0.15, 0.2) is 0 Å². The molecule has 0 amide bonds. The van der Waals surface area contributed by atoms with E-state index < -0.39 is 12.7 Å². The quantitative estimate of drug-likeness (QED) is 0.848. The van der Waals surface area contributed by atoms with Gasteiger partial charge in [0, 0.05) is 19.1 Å². The molecule has 4 fully saturated rings. The highest BCUT2D eigenvalue weighted by molar-refractivity contribution is 4.91. The first kappa shape index (κ1) is 14.6. The highest BCUT2D eigenvalue weighted by Crippen LogP contribution is 2.28. The molecular formula is C14H24F3N3. The van der Waals surface area contributed by atoms with Crippen LogP contribution in [0.1, 0.15) is 19.3 Å². The van der Waals surface area contributed by atoms with Crippen LogP contribution in [0, 0.1) is 11.8 Å². The van der Waals surface area contributed by atoms with E-state index >= 15 is 0 Å². The molecular weight excluding hydrogens is 267 g/mol. The number of hydrogen-bond acceptors (Lipinski definition) is 3. The minimum Gasteiger partial charge on any atom is -0.312 e. The van der Waals surface area contributed by atoms with Crippen molar-refractivity contribution < 1.29 is 13.2 Å². The Morgan fingerprint density at radius 3 is 2.35 bits per heavy atom. The van der Waals surface area contributed by atoms with E-state index in [0.717, 1.165) is 25.4 Å². The molecule has 20 heavy (non-hydrogen) atoms. The number of nitrogens with one attached hydrogen (secondary N) is 1. The molecule has 2 bridgehead atoms. The molecule has 116 valence electrons. The second kappa shape index (κ2) is 5.81. The molecule has 4 saturated heterocycles. The van der Waals surface area contributed by atoms with Crippen LogP contribution in [-0.4, -0.2) is 67.8 Å². The Balaban J connectivity index is 1.39. The maximum absolute atomic E-state index is 12.4. The van der Waals surface area contributed by atoms with Gasteiger partial charge >= 0.3 is 6.18 Å². The smallest absolute Gasteiger partial charge is 0.312 e. The van der Waals surface area contributed by atoms with Crippen LogP contribution in [0.25, 0.3) is 0 Å². The monoisotopic (exact) mass is 291 g/mol. The van der Waals surface area contributed by atoms with Crippen molar-refractivity contribution in [2.75, 3.05) is 45.8 Å². The van der Waals surface area contributed by atoms with Crippen molar-refractivity contribution in [1.29, 1.82) is 0 Å². The van der Waals surface area contributed by atoms with Gasteiger partial charge in [0.1, 0.15) is 0 Å². The lowest BCUT2D eigenvalue weighted by Crippen LogP contribution is -2.56. The van der Waals surface area contributed by atoms with Crippen LogP contribution >= 0.6 is 0 Å². The Hall–Kier alpha value is -0.330. The Labute approximate surface area is 118 Å². The summed E-state index contributed by atoms with van der Waals surface area (Å²) >= 11 is 0. The summed E-state index contributed by atoms with van der Waals surface area (Å²) in [5, 5.41) is 3.63. The van der Waals surface area contributed by atoms with E-state index in [4.69, 9.17) is 0 Å². The van der Waals surface area contributed by atoms with Crippen molar-refractivity contribution in [2.45, 2.75) is 31.5 Å². The standard InChI is InChI=1S/C14H24F3N3/c15-14(16,17)10-20-4-1-11(8-20)7-18-13-9-19-5-2-12(13)3-6-19/h11-13,18H,1-10H2. The third-order valence-electron chi connectivity index (χ3n) is 5.10. The maximum atomic E-state index is 12.4. The van der Waals surface area contributed by atoms with Crippen molar-refractivity contribution >= 4 is 0 Å². The Bertz CT molecular complexity index is 326. The molecule has 0 radical (unpaired) electrons. The van der Waals surface area contributed by atoms with Gasteiger partial charge in [-0.25, -0.2) is 0 Å². The van der Waals surface area contributed by atoms with Crippen molar-refractivity contribution in [2.24, 2.45) is 11.8 Å². The minimum atomic E-state index is -4.06. The average molecular weight is 291 g/mol. The first-order chi connectivity index (χ1) is 9.49. The molecule has 4 aliphatic heterocycles. The summed E-state index contributed by atoms with van der Waals surface area (Å²) in [5.74, 6) is 1.17. The van der Waals surface area contributed by atoms with Crippen LogP contribution < -0.4 is 5.32 Å². The van der Waals surface area contributed by atoms with Crippen LogP contribution in [0.5, 0.6) is 0 Å². The molecule has 3 nitrogen and oxygen atoms in total. The van der Waals surface area contributed by atoms with Gasteiger partial charge in [0.25, 0.3) is 0 Å². The van der Waals surface area contributed by atoms with Gasteiger partial charge in [-0.2, -0.15) is 13.2 Å². The number of piperidine rings is 3. The largest absolute Gasteiger partial charge is 0.401 e. The molecule has 4 aliphatic rings. The number of rotatable bonds is 4. The first-order valence-corrected chi connectivity index (χ1v) is 7.74. The first-order valence-electron chi connectivity index (χ1n) is 7.74. The van der Waals surface area contributed by atoms with Gasteiger partial charge in [0.2, 0.25) is 0 Å². The lowest BCUT2D eigenvalue weighted by Gasteiger charge is -2.45. The van der Waals surface area contributed by atoms with Gasteiger partial charge in [-0.3, -0.25) is 4.90 Å². The van der Waals surface area contributed by atoms with E-state index in [-0.39, 0.29) is 0 Å². The molecule has 6 heteroatoms. The van der Waals surface area contributed by atoms with E-state index in [1.165, 1.54) is 25.9 Å². The number of alkyl halides is 3. The van der Waals surface area contributed by atoms with E-state index in [0.29, 0.717) is 25.0 Å². The van der Waals surface area contributed by atoms with Gasteiger partial charge < -0.3 is 10.2 Å². The zero-order valence-corrected chi connectivity index (χ0v) is 11.8. The molecule has 0 spiro atoms. The number of halogens is 3. The van der Waals surface area contributed by atoms with E-state index in [1.54, 1.807) is 4.90 Å². The summed E-state index contributed by atoms with van der Waals surface area (Å²) in [7, 11) is 0. The minimum absolute atomic E-state index is 0.382. The molecule has 4 heterocycles. The second-order valence-corrected chi connectivity index (χ2v) is 6.66. The normalized spacial score (nSPS) is 38.5. The van der Waals surface area contributed by atoms with Crippen LogP contribution in [0.4, 0.5) is 13.2 Å². The van der Waals surface area contributed by atoms with Crippen molar-refractivity contribution in [3.05, 3.63) is 0 Å². The molecule has 2 atom stereocenters. The van der Waals surface area contributed by atoms with Crippen LogP contribution in [-0.2, 0) is 0 Å². The topological polar surface area (TPSA) is 18.5 Å². The molecule has 4 rings (SSSR count). The zero-order chi connectivity index (χ0) is 14.2. The van der Waals surface area contributed by atoms with Crippen molar-refractivity contribution in [3.8, 4) is 0 Å². The van der Waals surface area contributed by atoms with E-state index in [1.807, 2.05) is 0 Å². The SMILES string of the molecule is FC(F)(F)CN1CCC(CNC2CN3CCC2CC3)C1. The molecule has 0 saturated carbocycles. The summed E-state index contributed by atoms with van der Waals surface area (Å²) in [4.78, 5) is 4.05. The fraction of sp³-hybridized carbons (Fsp3) is 1.00. The van der Waals surface area contributed by atoms with Gasteiger partial charge in [-0.1, -0.05) is 0 Å². The fourth-order valence-electron chi connectivity index (χ4n) is 3.99. The zero-order valence-electron chi connectivity index (χ0n) is 11.8. The number of hydrogen-bond donors (Lipinski definition) is 1. The Morgan fingerprint density at radius 2 is 1.75 bits per heavy atom. The van der Waals surface area contributed by atoms with E-state index in [9.17, 15) is 13.2 Å². The Kier molecular flexibility index (Phi) is 4.24. The number of fused-ring (bicyclic) bond motifs is 3. The van der Waals surface area contributed by atoms with Crippen molar-refractivity contribution in [3.63, 3.8) is 0 Å². The predicted octanol–water partition coefficient (Wildman–Crippen LogP) is 1.55. The summed E-state index contributed by atoms with van der Waals surface area (Å²) in [5.41, 5.74) is 0. The molecule has 0 aromatic carbocycles. The number of likely N-dealkylation sites (tertiary alicyclic amines) is 1. The fourth-order valence-corrected chi connectivity index (χ4v) is 3.99.